The fourth-order valence-electron chi connectivity index (χ4n) is 1.34. The average Bonchev–Trinajstić information content (AvgIpc) is 2.18. The van der Waals surface area contributed by atoms with E-state index in [1.807, 2.05) is 36.2 Å². The molecule has 0 radical (unpaired) electrons. The molecule has 1 aromatic rings. The standard InChI is InChI=1S/C11H18N2O2S/c1-13(7-8-16(2,14)15)9-10-3-5-11(12)6-4-10/h3-6H,7-9,12H2,1-2H3. The van der Waals surface area contributed by atoms with E-state index in [1.54, 1.807) is 0 Å². The second-order valence-corrected chi connectivity index (χ2v) is 6.37. The van der Waals surface area contributed by atoms with Gasteiger partial charge in [0.05, 0.1) is 5.75 Å². The molecular formula is C11H18N2O2S. The van der Waals surface area contributed by atoms with E-state index in [9.17, 15) is 8.42 Å². The molecule has 0 amide bonds. The van der Waals surface area contributed by atoms with Gasteiger partial charge in [-0.15, -0.1) is 0 Å². The van der Waals surface area contributed by atoms with Crippen LogP contribution in [0.15, 0.2) is 24.3 Å². The zero-order chi connectivity index (χ0) is 12.2. The quantitative estimate of drug-likeness (QED) is 0.774. The number of rotatable bonds is 5. The molecule has 0 aliphatic heterocycles. The molecule has 0 aliphatic rings. The van der Waals surface area contributed by atoms with Crippen LogP contribution in [0.4, 0.5) is 5.69 Å². The molecule has 0 bridgehead atoms. The molecule has 2 N–H and O–H groups in total. The Morgan fingerprint density at radius 2 is 1.81 bits per heavy atom. The maximum absolute atomic E-state index is 11.0. The van der Waals surface area contributed by atoms with Gasteiger partial charge < -0.3 is 10.6 Å². The molecule has 1 aromatic carbocycles. The largest absolute Gasteiger partial charge is 0.399 e. The lowest BCUT2D eigenvalue weighted by atomic mass is 10.2. The molecule has 0 unspecified atom stereocenters. The van der Waals surface area contributed by atoms with Gasteiger partial charge in [-0.3, -0.25) is 0 Å². The third-order valence-corrected chi connectivity index (χ3v) is 3.20. The second-order valence-electron chi connectivity index (χ2n) is 4.11. The van der Waals surface area contributed by atoms with Gasteiger partial charge in [0.2, 0.25) is 0 Å². The van der Waals surface area contributed by atoms with Crippen molar-refractivity contribution in [3.05, 3.63) is 29.8 Å². The summed E-state index contributed by atoms with van der Waals surface area (Å²) in [5, 5.41) is 0. The van der Waals surface area contributed by atoms with Crippen LogP contribution >= 0.6 is 0 Å². The molecule has 0 spiro atoms. The van der Waals surface area contributed by atoms with Crippen LogP contribution in [0.3, 0.4) is 0 Å². The Labute approximate surface area is 97.0 Å². The Morgan fingerprint density at radius 1 is 1.25 bits per heavy atom. The number of anilines is 1. The van der Waals surface area contributed by atoms with Crippen molar-refractivity contribution in [2.45, 2.75) is 6.54 Å². The number of benzene rings is 1. The zero-order valence-corrected chi connectivity index (χ0v) is 10.5. The van der Waals surface area contributed by atoms with Gasteiger partial charge in [-0.2, -0.15) is 0 Å². The summed E-state index contributed by atoms with van der Waals surface area (Å²) in [6.07, 6.45) is 1.25. The topological polar surface area (TPSA) is 63.4 Å². The third kappa shape index (κ3) is 5.14. The van der Waals surface area contributed by atoms with Gasteiger partial charge in [0.15, 0.2) is 0 Å². The number of nitrogens with zero attached hydrogens (tertiary/aromatic N) is 1. The summed E-state index contributed by atoms with van der Waals surface area (Å²) in [5.41, 5.74) is 7.45. The summed E-state index contributed by atoms with van der Waals surface area (Å²) < 4.78 is 22.0. The van der Waals surface area contributed by atoms with Gasteiger partial charge in [-0.1, -0.05) is 12.1 Å². The zero-order valence-electron chi connectivity index (χ0n) is 9.68. The van der Waals surface area contributed by atoms with Crippen LogP contribution in [0.5, 0.6) is 0 Å². The minimum atomic E-state index is -2.88. The Balaban J connectivity index is 2.45. The predicted octanol–water partition coefficient (Wildman–Crippen LogP) is 0.745. The van der Waals surface area contributed by atoms with Crippen molar-refractivity contribution in [2.75, 3.05) is 31.3 Å². The van der Waals surface area contributed by atoms with E-state index in [0.29, 0.717) is 6.54 Å². The molecule has 4 nitrogen and oxygen atoms in total. The molecule has 0 atom stereocenters. The predicted molar refractivity (Wildman–Crippen MR) is 66.9 cm³/mol. The van der Waals surface area contributed by atoms with Gasteiger partial charge >= 0.3 is 0 Å². The van der Waals surface area contributed by atoms with Crippen LogP contribution in [0.1, 0.15) is 5.56 Å². The van der Waals surface area contributed by atoms with Crippen LogP contribution < -0.4 is 5.73 Å². The number of nitrogen functional groups attached to an aromatic ring is 1. The van der Waals surface area contributed by atoms with Crippen molar-refractivity contribution in [3.63, 3.8) is 0 Å². The Morgan fingerprint density at radius 3 is 2.31 bits per heavy atom. The van der Waals surface area contributed by atoms with E-state index in [0.717, 1.165) is 17.8 Å². The summed E-state index contributed by atoms with van der Waals surface area (Å²) in [4.78, 5) is 1.98. The monoisotopic (exact) mass is 242 g/mol. The highest BCUT2D eigenvalue weighted by Gasteiger charge is 2.05. The number of hydrogen-bond acceptors (Lipinski definition) is 4. The smallest absolute Gasteiger partial charge is 0.148 e. The second kappa shape index (κ2) is 5.32. The first kappa shape index (κ1) is 13.0. The first-order chi connectivity index (χ1) is 7.37. The van der Waals surface area contributed by atoms with Crippen molar-refractivity contribution in [1.29, 1.82) is 0 Å². The fourth-order valence-corrected chi connectivity index (χ4v) is 1.98. The molecule has 0 saturated heterocycles. The molecule has 0 heterocycles. The molecule has 16 heavy (non-hydrogen) atoms. The van der Waals surface area contributed by atoms with E-state index in [2.05, 4.69) is 0 Å². The van der Waals surface area contributed by atoms with Gasteiger partial charge in [0, 0.05) is 25.0 Å². The molecular weight excluding hydrogens is 224 g/mol. The van der Waals surface area contributed by atoms with E-state index in [1.165, 1.54) is 6.26 Å². The minimum absolute atomic E-state index is 0.193. The van der Waals surface area contributed by atoms with E-state index < -0.39 is 9.84 Å². The number of hydrogen-bond donors (Lipinski definition) is 1. The first-order valence-electron chi connectivity index (χ1n) is 5.07. The number of nitrogens with two attached hydrogens (primary N) is 1. The van der Waals surface area contributed by atoms with Crippen molar-refractivity contribution < 1.29 is 8.42 Å². The highest BCUT2D eigenvalue weighted by molar-refractivity contribution is 7.90. The van der Waals surface area contributed by atoms with Crippen LogP contribution in [0.25, 0.3) is 0 Å². The van der Waals surface area contributed by atoms with Gasteiger partial charge in [0.25, 0.3) is 0 Å². The molecule has 0 saturated carbocycles. The summed E-state index contributed by atoms with van der Waals surface area (Å²) in [6.45, 7) is 1.28. The normalized spacial score (nSPS) is 11.9. The summed E-state index contributed by atoms with van der Waals surface area (Å²) in [6, 6.07) is 7.60. The molecule has 1 rings (SSSR count). The minimum Gasteiger partial charge on any atom is -0.399 e. The molecule has 0 aromatic heterocycles. The van der Waals surface area contributed by atoms with Crippen LogP contribution in [-0.4, -0.2) is 38.9 Å². The van der Waals surface area contributed by atoms with Crippen molar-refractivity contribution in [1.82, 2.24) is 4.90 Å². The maximum atomic E-state index is 11.0. The van der Waals surface area contributed by atoms with Crippen LogP contribution in [0, 0.1) is 0 Å². The van der Waals surface area contributed by atoms with Crippen LogP contribution in [0.2, 0.25) is 0 Å². The van der Waals surface area contributed by atoms with E-state index in [4.69, 9.17) is 5.73 Å². The Bertz CT molecular complexity index is 426. The molecule has 5 heteroatoms. The Kier molecular flexibility index (Phi) is 4.32. The van der Waals surface area contributed by atoms with Crippen molar-refractivity contribution >= 4 is 15.5 Å². The Hall–Kier alpha value is -1.07. The van der Waals surface area contributed by atoms with E-state index in [-0.39, 0.29) is 5.75 Å². The highest BCUT2D eigenvalue weighted by Crippen LogP contribution is 2.07. The lowest BCUT2D eigenvalue weighted by molar-refractivity contribution is 0.346. The van der Waals surface area contributed by atoms with Gasteiger partial charge in [-0.25, -0.2) is 8.42 Å². The molecule has 90 valence electrons. The summed E-state index contributed by atoms with van der Waals surface area (Å²) in [5.74, 6) is 0.193. The van der Waals surface area contributed by atoms with Gasteiger partial charge in [-0.05, 0) is 24.7 Å². The van der Waals surface area contributed by atoms with E-state index >= 15 is 0 Å². The van der Waals surface area contributed by atoms with Crippen molar-refractivity contribution in [3.8, 4) is 0 Å². The fraction of sp³-hybridized carbons (Fsp3) is 0.455. The van der Waals surface area contributed by atoms with Crippen molar-refractivity contribution in [2.24, 2.45) is 0 Å². The number of sulfone groups is 1. The average molecular weight is 242 g/mol. The first-order valence-corrected chi connectivity index (χ1v) is 7.13. The molecule has 0 aliphatic carbocycles. The summed E-state index contributed by atoms with van der Waals surface area (Å²) >= 11 is 0. The molecule has 0 fully saturated rings. The highest BCUT2D eigenvalue weighted by atomic mass is 32.2. The lowest BCUT2D eigenvalue weighted by Gasteiger charge is -2.15. The lowest BCUT2D eigenvalue weighted by Crippen LogP contribution is -2.24. The third-order valence-electron chi connectivity index (χ3n) is 2.28. The van der Waals surface area contributed by atoms with Gasteiger partial charge in [0.1, 0.15) is 9.84 Å². The SMILES string of the molecule is CN(CCS(C)(=O)=O)Cc1ccc(N)cc1. The maximum Gasteiger partial charge on any atom is 0.148 e. The summed E-state index contributed by atoms with van der Waals surface area (Å²) in [7, 11) is -0.976. The van der Waals surface area contributed by atoms with Crippen LogP contribution in [-0.2, 0) is 16.4 Å².